The number of hydrogen-bond acceptors (Lipinski definition) is 3. The first-order valence-corrected chi connectivity index (χ1v) is 6.42. The van der Waals surface area contributed by atoms with E-state index in [4.69, 9.17) is 4.42 Å². The van der Waals surface area contributed by atoms with Crippen molar-refractivity contribution < 1.29 is 4.42 Å². The molecule has 0 aliphatic heterocycles. The Balaban J connectivity index is 1.83. The van der Waals surface area contributed by atoms with E-state index in [9.17, 15) is 0 Å². The van der Waals surface area contributed by atoms with Gasteiger partial charge in [-0.25, -0.2) is 4.98 Å². The number of imidazole rings is 1. The summed E-state index contributed by atoms with van der Waals surface area (Å²) in [5, 5.41) is 3.08. The van der Waals surface area contributed by atoms with Crippen molar-refractivity contribution in [2.24, 2.45) is 0 Å². The molecule has 4 heteroatoms. The maximum absolute atomic E-state index is 5.76. The summed E-state index contributed by atoms with van der Waals surface area (Å²) in [5.74, 6) is 2.90. The van der Waals surface area contributed by atoms with Gasteiger partial charge in [0.15, 0.2) is 0 Å². The minimum atomic E-state index is 0.763. The Bertz CT molecular complexity index is 696. The van der Waals surface area contributed by atoms with Crippen molar-refractivity contribution in [2.75, 3.05) is 7.05 Å². The van der Waals surface area contributed by atoms with Gasteiger partial charge in [0.05, 0.1) is 17.6 Å². The molecule has 0 atom stereocenters. The van der Waals surface area contributed by atoms with E-state index in [0.29, 0.717) is 0 Å². The Kier molecular flexibility index (Phi) is 3.09. The smallest absolute Gasteiger partial charge is 0.117 e. The molecule has 0 fully saturated rings. The van der Waals surface area contributed by atoms with Gasteiger partial charge in [-0.05, 0) is 43.8 Å². The molecule has 0 spiro atoms. The Labute approximate surface area is 111 Å². The molecule has 2 N–H and O–H groups in total. The summed E-state index contributed by atoms with van der Waals surface area (Å²) in [6.45, 7) is 2.73. The van der Waals surface area contributed by atoms with Gasteiger partial charge in [0.25, 0.3) is 0 Å². The minimum absolute atomic E-state index is 0.763. The van der Waals surface area contributed by atoms with Gasteiger partial charge in [0.2, 0.25) is 0 Å². The highest BCUT2D eigenvalue weighted by molar-refractivity contribution is 5.75. The number of fused-ring (bicyclic) bond motifs is 1. The number of nitrogens with one attached hydrogen (secondary N) is 2. The molecule has 1 aromatic carbocycles. The molecule has 2 heterocycles. The SMILES string of the molecule is CNCc1ccc(Cc2ccc3nc(C)[nH]c3c2)o1. The van der Waals surface area contributed by atoms with Crippen molar-refractivity contribution in [1.29, 1.82) is 0 Å². The second-order valence-corrected chi connectivity index (χ2v) is 4.75. The molecule has 19 heavy (non-hydrogen) atoms. The molecule has 4 nitrogen and oxygen atoms in total. The molecule has 0 saturated heterocycles. The van der Waals surface area contributed by atoms with E-state index in [0.717, 1.165) is 41.3 Å². The monoisotopic (exact) mass is 255 g/mol. The Morgan fingerprint density at radius 1 is 1.21 bits per heavy atom. The van der Waals surface area contributed by atoms with E-state index in [1.54, 1.807) is 0 Å². The lowest BCUT2D eigenvalue weighted by atomic mass is 10.1. The van der Waals surface area contributed by atoms with E-state index >= 15 is 0 Å². The molecular formula is C15H17N3O. The lowest BCUT2D eigenvalue weighted by molar-refractivity contribution is 0.462. The van der Waals surface area contributed by atoms with Crippen LogP contribution in [0.5, 0.6) is 0 Å². The molecule has 0 bridgehead atoms. The molecule has 0 saturated carbocycles. The first kappa shape index (κ1) is 12.0. The number of nitrogens with zero attached hydrogens (tertiary/aromatic N) is 1. The largest absolute Gasteiger partial charge is 0.464 e. The summed E-state index contributed by atoms with van der Waals surface area (Å²) < 4.78 is 5.76. The third-order valence-electron chi connectivity index (χ3n) is 3.11. The maximum atomic E-state index is 5.76. The van der Waals surface area contributed by atoms with Crippen molar-refractivity contribution in [3.05, 3.63) is 53.2 Å². The van der Waals surface area contributed by atoms with E-state index in [2.05, 4.69) is 27.4 Å². The zero-order chi connectivity index (χ0) is 13.2. The molecule has 2 aromatic heterocycles. The van der Waals surface area contributed by atoms with Gasteiger partial charge in [0, 0.05) is 6.42 Å². The highest BCUT2D eigenvalue weighted by atomic mass is 16.3. The Morgan fingerprint density at radius 2 is 2.05 bits per heavy atom. The second-order valence-electron chi connectivity index (χ2n) is 4.75. The van der Waals surface area contributed by atoms with Crippen molar-refractivity contribution in [3.8, 4) is 0 Å². The number of aryl methyl sites for hydroxylation is 1. The molecule has 0 amide bonds. The van der Waals surface area contributed by atoms with Crippen LogP contribution in [0.15, 0.2) is 34.7 Å². The summed E-state index contributed by atoms with van der Waals surface area (Å²) in [5.41, 5.74) is 3.31. The van der Waals surface area contributed by atoms with Crippen LogP contribution in [0, 0.1) is 6.92 Å². The first-order valence-electron chi connectivity index (χ1n) is 6.42. The first-order chi connectivity index (χ1) is 9.24. The average molecular weight is 255 g/mol. The quantitative estimate of drug-likeness (QED) is 0.753. The van der Waals surface area contributed by atoms with Crippen LogP contribution in [0.4, 0.5) is 0 Å². The number of H-pyrrole nitrogens is 1. The zero-order valence-corrected chi connectivity index (χ0v) is 11.2. The van der Waals surface area contributed by atoms with Crippen LogP contribution >= 0.6 is 0 Å². The number of furan rings is 1. The van der Waals surface area contributed by atoms with Crippen molar-refractivity contribution in [1.82, 2.24) is 15.3 Å². The van der Waals surface area contributed by atoms with Crippen LogP contribution in [0.2, 0.25) is 0 Å². The number of aromatic amines is 1. The summed E-state index contributed by atoms with van der Waals surface area (Å²) in [7, 11) is 1.91. The molecule has 3 aromatic rings. The third kappa shape index (κ3) is 2.53. The number of hydrogen-bond donors (Lipinski definition) is 2. The minimum Gasteiger partial charge on any atom is -0.464 e. The summed E-state index contributed by atoms with van der Waals surface area (Å²) in [6, 6.07) is 10.3. The average Bonchev–Trinajstić information content (AvgIpc) is 2.95. The Hall–Kier alpha value is -2.07. The third-order valence-corrected chi connectivity index (χ3v) is 3.11. The van der Waals surface area contributed by atoms with Crippen molar-refractivity contribution in [3.63, 3.8) is 0 Å². The van der Waals surface area contributed by atoms with Crippen LogP contribution < -0.4 is 5.32 Å². The molecule has 0 unspecified atom stereocenters. The number of rotatable bonds is 4. The normalized spacial score (nSPS) is 11.3. The van der Waals surface area contributed by atoms with Crippen LogP contribution in [-0.4, -0.2) is 17.0 Å². The van der Waals surface area contributed by atoms with Crippen molar-refractivity contribution in [2.45, 2.75) is 19.9 Å². The van der Waals surface area contributed by atoms with Gasteiger partial charge in [-0.2, -0.15) is 0 Å². The summed E-state index contributed by atoms with van der Waals surface area (Å²) >= 11 is 0. The predicted molar refractivity (Wildman–Crippen MR) is 75.1 cm³/mol. The van der Waals surface area contributed by atoms with Crippen LogP contribution in [0.3, 0.4) is 0 Å². The molecule has 98 valence electrons. The molecule has 3 rings (SSSR count). The van der Waals surface area contributed by atoms with Crippen LogP contribution in [-0.2, 0) is 13.0 Å². The highest BCUT2D eigenvalue weighted by Gasteiger charge is 2.05. The standard InChI is InChI=1S/C15H17N3O/c1-10-17-14-6-3-11(8-15(14)18-10)7-12-4-5-13(19-12)9-16-2/h3-6,8,16H,7,9H2,1-2H3,(H,17,18). The molecular weight excluding hydrogens is 238 g/mol. The highest BCUT2D eigenvalue weighted by Crippen LogP contribution is 2.18. The predicted octanol–water partition coefficient (Wildman–Crippen LogP) is 2.77. The molecule has 0 radical (unpaired) electrons. The molecule has 0 aliphatic rings. The van der Waals surface area contributed by atoms with Gasteiger partial charge in [-0.3, -0.25) is 0 Å². The fourth-order valence-corrected chi connectivity index (χ4v) is 2.28. The van der Waals surface area contributed by atoms with Crippen molar-refractivity contribution >= 4 is 11.0 Å². The van der Waals surface area contributed by atoms with Gasteiger partial charge >= 0.3 is 0 Å². The zero-order valence-electron chi connectivity index (χ0n) is 11.2. The molecule has 0 aliphatic carbocycles. The van der Waals surface area contributed by atoms with Gasteiger partial charge in [-0.1, -0.05) is 6.07 Å². The second kappa shape index (κ2) is 4.90. The summed E-state index contributed by atoms with van der Waals surface area (Å²) in [4.78, 5) is 7.66. The lowest BCUT2D eigenvalue weighted by Crippen LogP contribution is -2.03. The fraction of sp³-hybridized carbons (Fsp3) is 0.267. The van der Waals surface area contributed by atoms with E-state index in [1.165, 1.54) is 5.56 Å². The number of aromatic nitrogens is 2. The van der Waals surface area contributed by atoms with E-state index < -0.39 is 0 Å². The topological polar surface area (TPSA) is 53.9 Å². The van der Waals surface area contributed by atoms with E-state index in [-0.39, 0.29) is 0 Å². The fourth-order valence-electron chi connectivity index (χ4n) is 2.28. The van der Waals surface area contributed by atoms with Gasteiger partial charge < -0.3 is 14.7 Å². The van der Waals surface area contributed by atoms with Gasteiger partial charge in [0.1, 0.15) is 17.3 Å². The number of benzene rings is 1. The lowest BCUT2D eigenvalue weighted by Gasteiger charge is -1.99. The Morgan fingerprint density at radius 3 is 2.89 bits per heavy atom. The van der Waals surface area contributed by atoms with Crippen LogP contribution in [0.25, 0.3) is 11.0 Å². The van der Waals surface area contributed by atoms with E-state index in [1.807, 2.05) is 32.2 Å². The van der Waals surface area contributed by atoms with Gasteiger partial charge in [-0.15, -0.1) is 0 Å². The van der Waals surface area contributed by atoms with Crippen LogP contribution in [0.1, 0.15) is 22.9 Å². The summed E-state index contributed by atoms with van der Waals surface area (Å²) in [6.07, 6.45) is 0.803. The maximum Gasteiger partial charge on any atom is 0.117 e.